The molecule has 1 aliphatic rings. The molecule has 0 bridgehead atoms. The predicted molar refractivity (Wildman–Crippen MR) is 53.9 cm³/mol. The molecule has 1 aromatic heterocycles. The van der Waals surface area contributed by atoms with Crippen molar-refractivity contribution in [2.75, 3.05) is 0 Å². The second-order valence-corrected chi connectivity index (χ2v) is 4.89. The van der Waals surface area contributed by atoms with E-state index in [1.807, 2.05) is 5.38 Å². The van der Waals surface area contributed by atoms with Crippen molar-refractivity contribution in [3.05, 3.63) is 21.3 Å². The molecular weight excluding hydrogens is 209 g/mol. The number of rotatable bonds is 1. The van der Waals surface area contributed by atoms with Gasteiger partial charge in [0.05, 0.1) is 9.90 Å². The topological polar surface area (TPSA) is 26.0 Å². The molecule has 1 fully saturated rings. The van der Waals surface area contributed by atoms with E-state index in [1.54, 1.807) is 6.07 Å². The van der Waals surface area contributed by atoms with Crippen molar-refractivity contribution < 1.29 is 4.39 Å². The minimum atomic E-state index is -1.26. The summed E-state index contributed by atoms with van der Waals surface area (Å²) < 4.78 is 14.2. The van der Waals surface area contributed by atoms with E-state index in [1.165, 1.54) is 11.3 Å². The third-order valence-electron chi connectivity index (χ3n) is 2.52. The first kappa shape index (κ1) is 9.44. The molecule has 2 N–H and O–H groups in total. The number of halogens is 2. The van der Waals surface area contributed by atoms with Crippen LogP contribution in [0.25, 0.3) is 0 Å². The first-order valence-electron chi connectivity index (χ1n) is 4.30. The van der Waals surface area contributed by atoms with Gasteiger partial charge in [-0.1, -0.05) is 11.6 Å². The lowest BCUT2D eigenvalue weighted by molar-refractivity contribution is 0.178. The molecule has 2 unspecified atom stereocenters. The summed E-state index contributed by atoms with van der Waals surface area (Å²) in [6.07, 6.45) is 1.67. The molecule has 1 aliphatic carbocycles. The SMILES string of the molecule is NC1CCC(F)(c2sccc2Cl)C1. The van der Waals surface area contributed by atoms with Crippen LogP contribution in [-0.4, -0.2) is 6.04 Å². The number of hydrogen-bond donors (Lipinski definition) is 1. The molecule has 0 spiro atoms. The van der Waals surface area contributed by atoms with Gasteiger partial charge in [0, 0.05) is 12.5 Å². The summed E-state index contributed by atoms with van der Waals surface area (Å²) in [5.41, 5.74) is 4.43. The highest BCUT2D eigenvalue weighted by atomic mass is 35.5. The van der Waals surface area contributed by atoms with E-state index in [2.05, 4.69) is 0 Å². The zero-order valence-electron chi connectivity index (χ0n) is 7.09. The number of hydrogen-bond acceptors (Lipinski definition) is 2. The molecule has 1 aromatic rings. The van der Waals surface area contributed by atoms with E-state index in [0.29, 0.717) is 22.7 Å². The lowest BCUT2D eigenvalue weighted by Gasteiger charge is -2.17. The average molecular weight is 220 g/mol. The van der Waals surface area contributed by atoms with Crippen molar-refractivity contribution in [3.8, 4) is 0 Å². The minimum absolute atomic E-state index is 0.0110. The summed E-state index contributed by atoms with van der Waals surface area (Å²) in [6, 6.07) is 1.73. The molecule has 0 aliphatic heterocycles. The van der Waals surface area contributed by atoms with E-state index in [4.69, 9.17) is 17.3 Å². The van der Waals surface area contributed by atoms with Crippen molar-refractivity contribution in [3.63, 3.8) is 0 Å². The van der Waals surface area contributed by atoms with Gasteiger partial charge in [-0.3, -0.25) is 0 Å². The highest BCUT2D eigenvalue weighted by Crippen LogP contribution is 2.46. The monoisotopic (exact) mass is 219 g/mol. The highest BCUT2D eigenvalue weighted by Gasteiger charge is 2.41. The first-order chi connectivity index (χ1) is 6.12. The van der Waals surface area contributed by atoms with Crippen LogP contribution in [-0.2, 0) is 5.67 Å². The molecule has 1 saturated carbocycles. The molecule has 2 rings (SSSR count). The molecule has 1 heterocycles. The van der Waals surface area contributed by atoms with Crippen LogP contribution in [0.15, 0.2) is 11.4 Å². The van der Waals surface area contributed by atoms with Crippen molar-refractivity contribution in [2.24, 2.45) is 5.73 Å². The van der Waals surface area contributed by atoms with E-state index < -0.39 is 5.67 Å². The van der Waals surface area contributed by atoms with Gasteiger partial charge in [-0.05, 0) is 24.3 Å². The van der Waals surface area contributed by atoms with E-state index in [0.717, 1.165) is 6.42 Å². The zero-order chi connectivity index (χ0) is 9.47. The van der Waals surface area contributed by atoms with Gasteiger partial charge in [-0.15, -0.1) is 11.3 Å². The fraction of sp³-hybridized carbons (Fsp3) is 0.556. The van der Waals surface area contributed by atoms with Crippen LogP contribution in [0.1, 0.15) is 24.1 Å². The third-order valence-corrected chi connectivity index (χ3v) is 4.04. The van der Waals surface area contributed by atoms with Gasteiger partial charge in [0.25, 0.3) is 0 Å². The number of thiophene rings is 1. The zero-order valence-corrected chi connectivity index (χ0v) is 8.67. The Balaban J connectivity index is 2.30. The van der Waals surface area contributed by atoms with E-state index in [-0.39, 0.29) is 6.04 Å². The van der Waals surface area contributed by atoms with Gasteiger partial charge in [-0.25, -0.2) is 4.39 Å². The standard InChI is InChI=1S/C9H11ClFNS/c10-7-2-4-13-8(7)9(11)3-1-6(12)5-9/h2,4,6H,1,3,5,12H2. The normalized spacial score (nSPS) is 33.9. The quantitative estimate of drug-likeness (QED) is 0.772. The fourth-order valence-electron chi connectivity index (χ4n) is 1.85. The maximum Gasteiger partial charge on any atom is 0.148 e. The average Bonchev–Trinajstić information content (AvgIpc) is 2.59. The Morgan fingerprint density at radius 3 is 2.92 bits per heavy atom. The van der Waals surface area contributed by atoms with Crippen LogP contribution >= 0.6 is 22.9 Å². The Kier molecular flexibility index (Phi) is 2.34. The van der Waals surface area contributed by atoms with Crippen LogP contribution in [0.3, 0.4) is 0 Å². The molecule has 72 valence electrons. The van der Waals surface area contributed by atoms with Crippen LogP contribution in [0.5, 0.6) is 0 Å². The van der Waals surface area contributed by atoms with Crippen LogP contribution in [0.2, 0.25) is 5.02 Å². The molecule has 0 aromatic carbocycles. The molecule has 2 atom stereocenters. The summed E-state index contributed by atoms with van der Waals surface area (Å²) in [5.74, 6) is 0. The summed E-state index contributed by atoms with van der Waals surface area (Å²) >= 11 is 7.27. The van der Waals surface area contributed by atoms with Crippen molar-refractivity contribution >= 4 is 22.9 Å². The summed E-state index contributed by atoms with van der Waals surface area (Å²) in [4.78, 5) is 0.655. The van der Waals surface area contributed by atoms with Crippen molar-refractivity contribution in [2.45, 2.75) is 31.0 Å². The second-order valence-electron chi connectivity index (χ2n) is 3.57. The van der Waals surface area contributed by atoms with Crippen LogP contribution in [0, 0.1) is 0 Å². The van der Waals surface area contributed by atoms with Gasteiger partial charge in [0.1, 0.15) is 5.67 Å². The van der Waals surface area contributed by atoms with Gasteiger partial charge >= 0.3 is 0 Å². The molecule has 0 saturated heterocycles. The Bertz CT molecular complexity index is 314. The van der Waals surface area contributed by atoms with Gasteiger partial charge in [0.15, 0.2) is 0 Å². The van der Waals surface area contributed by atoms with Crippen LogP contribution in [0.4, 0.5) is 4.39 Å². The maximum absolute atomic E-state index is 14.2. The molecule has 4 heteroatoms. The smallest absolute Gasteiger partial charge is 0.148 e. The molecule has 0 amide bonds. The fourth-order valence-corrected chi connectivity index (χ4v) is 3.21. The Labute approximate surface area is 85.7 Å². The third kappa shape index (κ3) is 1.60. The van der Waals surface area contributed by atoms with Gasteiger partial charge in [-0.2, -0.15) is 0 Å². The largest absolute Gasteiger partial charge is 0.328 e. The summed E-state index contributed by atoms with van der Waals surface area (Å²) in [5, 5.41) is 2.37. The van der Waals surface area contributed by atoms with Crippen molar-refractivity contribution in [1.29, 1.82) is 0 Å². The summed E-state index contributed by atoms with van der Waals surface area (Å²) in [6.45, 7) is 0. The predicted octanol–water partition coefficient (Wildman–Crippen LogP) is 3.08. The molecule has 13 heavy (non-hydrogen) atoms. The Morgan fingerprint density at radius 1 is 1.69 bits per heavy atom. The molecular formula is C9H11ClFNS. The maximum atomic E-state index is 14.2. The van der Waals surface area contributed by atoms with Gasteiger partial charge in [0.2, 0.25) is 0 Å². The van der Waals surface area contributed by atoms with E-state index >= 15 is 0 Å². The Morgan fingerprint density at radius 2 is 2.46 bits per heavy atom. The van der Waals surface area contributed by atoms with Crippen LogP contribution < -0.4 is 5.73 Å². The van der Waals surface area contributed by atoms with Gasteiger partial charge < -0.3 is 5.73 Å². The lowest BCUT2D eigenvalue weighted by atomic mass is 10.0. The second kappa shape index (κ2) is 3.23. The summed E-state index contributed by atoms with van der Waals surface area (Å²) in [7, 11) is 0. The number of nitrogens with two attached hydrogens (primary N) is 1. The molecule has 1 nitrogen and oxygen atoms in total. The first-order valence-corrected chi connectivity index (χ1v) is 5.55. The minimum Gasteiger partial charge on any atom is -0.328 e. The molecule has 0 radical (unpaired) electrons. The van der Waals surface area contributed by atoms with Crippen molar-refractivity contribution in [1.82, 2.24) is 0 Å². The van der Waals surface area contributed by atoms with E-state index in [9.17, 15) is 4.39 Å². The Hall–Kier alpha value is -0.120. The lowest BCUT2D eigenvalue weighted by Crippen LogP contribution is -2.20. The number of alkyl halides is 1. The highest BCUT2D eigenvalue weighted by molar-refractivity contribution is 7.10.